The van der Waals surface area contributed by atoms with Gasteiger partial charge in [-0.3, -0.25) is 19.2 Å². The number of thioether (sulfide) groups is 1. The maximum Gasteiger partial charge on any atom is 0.341 e. The molecule has 1 aliphatic rings. The first-order chi connectivity index (χ1) is 23.9. The maximum atomic E-state index is 13.6. The van der Waals surface area contributed by atoms with Gasteiger partial charge < -0.3 is 25.6 Å². The van der Waals surface area contributed by atoms with Crippen LogP contribution in [-0.4, -0.2) is 53.4 Å². The Morgan fingerprint density at radius 1 is 0.980 bits per heavy atom. The maximum absolute atomic E-state index is 13.6. The predicted molar refractivity (Wildman–Crippen MR) is 198 cm³/mol. The number of thiophene rings is 1. The Labute approximate surface area is 307 Å². The van der Waals surface area contributed by atoms with Gasteiger partial charge in [-0.05, 0) is 66.9 Å². The van der Waals surface area contributed by atoms with E-state index in [-0.39, 0.29) is 27.6 Å². The minimum Gasteiger partial charge on any atom is -0.465 e. The summed E-state index contributed by atoms with van der Waals surface area (Å²) in [7, 11) is 1.29. The van der Waals surface area contributed by atoms with Crippen LogP contribution < -0.4 is 16.0 Å². The van der Waals surface area contributed by atoms with Crippen molar-refractivity contribution in [1.29, 1.82) is 0 Å². The summed E-state index contributed by atoms with van der Waals surface area (Å²) in [5.74, 6) is -2.06. The molecule has 0 radical (unpaired) electrons. The van der Waals surface area contributed by atoms with E-state index in [2.05, 4.69) is 16.0 Å². The van der Waals surface area contributed by atoms with Gasteiger partial charge >= 0.3 is 5.97 Å². The van der Waals surface area contributed by atoms with Crippen LogP contribution >= 0.6 is 46.3 Å². The molecule has 4 aromatic rings. The van der Waals surface area contributed by atoms with Gasteiger partial charge in [-0.1, -0.05) is 59.6 Å². The number of methoxy groups -OCH3 is 1. The first kappa shape index (κ1) is 36.7. The van der Waals surface area contributed by atoms with Crippen LogP contribution in [0.2, 0.25) is 10.0 Å². The Morgan fingerprint density at radius 3 is 2.44 bits per heavy atom. The number of fused-ring (bicyclic) bond motifs is 1. The third-order valence-electron chi connectivity index (χ3n) is 7.71. The Bertz CT molecular complexity index is 2000. The molecule has 3 aromatic carbocycles. The fourth-order valence-electron chi connectivity index (χ4n) is 5.12. The van der Waals surface area contributed by atoms with Gasteiger partial charge in [0.15, 0.2) is 0 Å². The molecular weight excluding hydrogens is 719 g/mol. The number of carbonyl (C=O) groups excluding carboxylic acids is 5. The van der Waals surface area contributed by atoms with Crippen molar-refractivity contribution in [3.05, 3.63) is 116 Å². The van der Waals surface area contributed by atoms with E-state index >= 15 is 0 Å². The summed E-state index contributed by atoms with van der Waals surface area (Å²) in [4.78, 5) is 67.9. The molecule has 1 aliphatic heterocycles. The lowest BCUT2D eigenvalue weighted by atomic mass is 10.0. The van der Waals surface area contributed by atoms with E-state index in [0.29, 0.717) is 51.8 Å². The number of hydrogen-bond acceptors (Lipinski definition) is 8. The summed E-state index contributed by atoms with van der Waals surface area (Å²) < 4.78 is 5.02. The van der Waals surface area contributed by atoms with E-state index in [1.807, 2.05) is 0 Å². The van der Waals surface area contributed by atoms with Crippen LogP contribution in [0, 0.1) is 0 Å². The van der Waals surface area contributed by atoms with Crippen molar-refractivity contribution < 1.29 is 28.7 Å². The number of carbonyl (C=O) groups is 5. The van der Waals surface area contributed by atoms with Crippen molar-refractivity contribution in [2.75, 3.05) is 24.3 Å². The average molecular weight is 752 g/mol. The first-order valence-electron chi connectivity index (χ1n) is 15.3. The average Bonchev–Trinajstić information content (AvgIpc) is 3.46. The van der Waals surface area contributed by atoms with Crippen LogP contribution in [0.3, 0.4) is 0 Å². The highest BCUT2D eigenvalue weighted by atomic mass is 35.5. The Kier molecular flexibility index (Phi) is 12.0. The zero-order valence-corrected chi connectivity index (χ0v) is 30.3. The Hall–Kier alpha value is -4.62. The lowest BCUT2D eigenvalue weighted by Gasteiger charge is -2.25. The molecule has 0 aliphatic carbocycles. The molecule has 14 heteroatoms. The molecule has 0 fully saturated rings. The molecule has 0 saturated carbocycles. The summed E-state index contributed by atoms with van der Waals surface area (Å²) in [5, 5.41) is 8.66. The van der Waals surface area contributed by atoms with Crippen LogP contribution in [0.5, 0.6) is 0 Å². The fourth-order valence-corrected chi connectivity index (χ4v) is 7.67. The number of hydrogen-bond donors (Lipinski definition) is 3. The lowest BCUT2D eigenvalue weighted by Crippen LogP contribution is -2.33. The van der Waals surface area contributed by atoms with Crippen molar-refractivity contribution >= 4 is 92.7 Å². The second kappa shape index (κ2) is 16.4. The number of nitrogens with zero attached hydrogens (tertiary/aromatic N) is 1. The van der Waals surface area contributed by atoms with E-state index in [4.69, 9.17) is 27.9 Å². The standard InChI is InChI=1S/C36H32Cl2N4O6S2/c1-20(32(44)41-35-30(36(47)48-3)26-15-16-42(21(2)43)19-29(26)50-35)49-25-13-8-12-24(18-25)39-34(46)28(17-23-11-7-14-27(37)31(23)38)40-33(45)22-9-5-4-6-10-22/h4-14,17-18,20H,15-16,19H2,1-3H3,(H,39,46)(H,40,45)(H,41,44)/b28-17+. The van der Waals surface area contributed by atoms with E-state index in [1.54, 1.807) is 84.6 Å². The molecule has 0 bridgehead atoms. The second-order valence-electron chi connectivity index (χ2n) is 11.1. The fraction of sp³-hybridized carbons (Fsp3) is 0.194. The smallest absolute Gasteiger partial charge is 0.341 e. The third kappa shape index (κ3) is 8.75. The highest BCUT2D eigenvalue weighted by Gasteiger charge is 2.31. The molecule has 2 heterocycles. The Balaban J connectivity index is 1.31. The van der Waals surface area contributed by atoms with E-state index < -0.39 is 23.0 Å². The number of rotatable bonds is 10. The molecule has 3 N–H and O–H groups in total. The molecule has 1 aromatic heterocycles. The molecule has 4 amide bonds. The third-order valence-corrected chi connectivity index (χ3v) is 10.8. The number of esters is 1. The highest BCUT2D eigenvalue weighted by Crippen LogP contribution is 2.38. The first-order valence-corrected chi connectivity index (χ1v) is 17.8. The Morgan fingerprint density at radius 2 is 1.72 bits per heavy atom. The monoisotopic (exact) mass is 750 g/mol. The van der Waals surface area contributed by atoms with Gasteiger partial charge in [0.1, 0.15) is 10.7 Å². The molecule has 1 unspecified atom stereocenters. The molecule has 0 saturated heterocycles. The molecule has 5 rings (SSSR count). The zero-order valence-electron chi connectivity index (χ0n) is 27.2. The highest BCUT2D eigenvalue weighted by molar-refractivity contribution is 8.00. The summed E-state index contributed by atoms with van der Waals surface area (Å²) >= 11 is 15.1. The topological polar surface area (TPSA) is 134 Å². The molecule has 50 heavy (non-hydrogen) atoms. The van der Waals surface area contributed by atoms with Gasteiger partial charge in [-0.15, -0.1) is 23.1 Å². The quantitative estimate of drug-likeness (QED) is 0.0882. The summed E-state index contributed by atoms with van der Waals surface area (Å²) in [6.07, 6.45) is 1.92. The number of halogens is 2. The van der Waals surface area contributed by atoms with Crippen LogP contribution in [0.25, 0.3) is 6.08 Å². The minimum absolute atomic E-state index is 0.0626. The van der Waals surface area contributed by atoms with Gasteiger partial charge in [0, 0.05) is 34.5 Å². The summed E-state index contributed by atoms with van der Waals surface area (Å²) in [6, 6.07) is 20.3. The molecule has 1 atom stereocenters. The number of anilines is 2. The molecule has 10 nitrogen and oxygen atoms in total. The van der Waals surface area contributed by atoms with Crippen molar-refractivity contribution in [2.24, 2.45) is 0 Å². The van der Waals surface area contributed by atoms with E-state index in [0.717, 1.165) is 10.4 Å². The van der Waals surface area contributed by atoms with Gasteiger partial charge in [0.2, 0.25) is 11.8 Å². The van der Waals surface area contributed by atoms with Crippen molar-refractivity contribution in [3.63, 3.8) is 0 Å². The van der Waals surface area contributed by atoms with Crippen molar-refractivity contribution in [1.82, 2.24) is 10.2 Å². The predicted octanol–water partition coefficient (Wildman–Crippen LogP) is 7.28. The number of ether oxygens (including phenoxy) is 1. The minimum atomic E-state index is -0.612. The van der Waals surface area contributed by atoms with Gasteiger partial charge in [0.25, 0.3) is 11.8 Å². The summed E-state index contributed by atoms with van der Waals surface area (Å²) in [6.45, 7) is 4.05. The van der Waals surface area contributed by atoms with Crippen molar-refractivity contribution in [3.8, 4) is 0 Å². The van der Waals surface area contributed by atoms with Crippen LogP contribution in [-0.2, 0) is 32.1 Å². The summed E-state index contributed by atoms with van der Waals surface area (Å²) in [5.41, 5.74) is 2.23. The lowest BCUT2D eigenvalue weighted by molar-refractivity contribution is -0.129. The van der Waals surface area contributed by atoms with Crippen LogP contribution in [0.4, 0.5) is 10.7 Å². The molecule has 258 valence electrons. The number of nitrogens with one attached hydrogen (secondary N) is 3. The molecular formula is C36H32Cl2N4O6S2. The largest absolute Gasteiger partial charge is 0.465 e. The molecule has 0 spiro atoms. The van der Waals surface area contributed by atoms with Gasteiger partial charge in [0.05, 0.1) is 34.5 Å². The van der Waals surface area contributed by atoms with E-state index in [1.165, 1.54) is 43.2 Å². The number of benzene rings is 3. The SMILES string of the molecule is COC(=O)c1c(NC(=O)C(C)Sc2cccc(NC(=O)/C(=C\c3cccc(Cl)c3Cl)NC(=O)c3ccccc3)c2)sc2c1CCN(C(C)=O)C2. The van der Waals surface area contributed by atoms with E-state index in [9.17, 15) is 24.0 Å². The zero-order chi connectivity index (χ0) is 35.9. The van der Waals surface area contributed by atoms with Crippen LogP contribution in [0.1, 0.15) is 50.6 Å². The normalized spacial score (nSPS) is 13.1. The van der Waals surface area contributed by atoms with Gasteiger partial charge in [-0.2, -0.15) is 0 Å². The second-order valence-corrected chi connectivity index (χ2v) is 14.4. The van der Waals surface area contributed by atoms with Gasteiger partial charge in [-0.25, -0.2) is 4.79 Å². The number of amides is 4. The van der Waals surface area contributed by atoms with Crippen molar-refractivity contribution in [2.45, 2.75) is 37.0 Å². The van der Waals surface area contributed by atoms with Crippen LogP contribution in [0.15, 0.2) is 83.4 Å².